The van der Waals surface area contributed by atoms with Crippen LogP contribution in [0.15, 0.2) is 182 Å². The third-order valence-electron chi connectivity index (χ3n) is 11.3. The van der Waals surface area contributed by atoms with Crippen molar-refractivity contribution < 1.29 is 0 Å². The van der Waals surface area contributed by atoms with Gasteiger partial charge in [0.25, 0.3) is 0 Å². The molecule has 6 heterocycles. The predicted octanol–water partition coefficient (Wildman–Crippen LogP) is 17.4. The Balaban J connectivity index is 1.13. The number of rotatable bonds is 11. The van der Waals surface area contributed by atoms with Crippen LogP contribution in [0.25, 0.3) is 117 Å². The van der Waals surface area contributed by atoms with Gasteiger partial charge in [-0.2, -0.15) is 0 Å². The van der Waals surface area contributed by atoms with Crippen LogP contribution in [0.2, 0.25) is 0 Å². The summed E-state index contributed by atoms with van der Waals surface area (Å²) in [6, 6.07) is 62.5. The van der Waals surface area contributed by atoms with Gasteiger partial charge in [0.15, 0.2) is 0 Å². The van der Waals surface area contributed by atoms with E-state index in [-0.39, 0.29) is 0 Å². The summed E-state index contributed by atoms with van der Waals surface area (Å²) >= 11 is 10.1. The van der Waals surface area contributed by atoms with Crippen LogP contribution in [0.5, 0.6) is 0 Å². The summed E-state index contributed by atoms with van der Waals surface area (Å²) < 4.78 is 0. The minimum atomic E-state index is 0.754. The van der Waals surface area contributed by atoms with E-state index in [1.807, 2.05) is 36.4 Å². The number of hydrogen-bond donors (Lipinski definition) is 0. The van der Waals surface area contributed by atoms with Gasteiger partial charge in [0.05, 0.1) is 30.9 Å². The van der Waals surface area contributed by atoms with E-state index >= 15 is 0 Å². The summed E-state index contributed by atoms with van der Waals surface area (Å²) in [4.78, 5) is 39.2. The Morgan fingerprint density at radius 3 is 0.662 bits per heavy atom. The Kier molecular flexibility index (Phi) is 11.4. The van der Waals surface area contributed by atoms with Gasteiger partial charge >= 0.3 is 0 Å². The molecular formula is C56H36N6S6. The van der Waals surface area contributed by atoms with Crippen LogP contribution >= 0.6 is 68.0 Å². The third kappa shape index (κ3) is 8.08. The lowest BCUT2D eigenvalue weighted by molar-refractivity contribution is 1.31. The van der Waals surface area contributed by atoms with Crippen molar-refractivity contribution in [1.29, 1.82) is 0 Å². The largest absolute Gasteiger partial charge is 0.235 e. The molecule has 0 aliphatic heterocycles. The van der Waals surface area contributed by atoms with E-state index in [0.29, 0.717) is 0 Å². The van der Waals surface area contributed by atoms with Gasteiger partial charge < -0.3 is 0 Å². The SMILES string of the molecule is Cc1sc(-c2ccccc2)nc1-c1sc(-c2ccccc2)nc1-c1sc(-c2ccccc2)nc1-c1nc(-c2ccccc2)sc1-c1nc(-c2ccccc2)sc1-c1nc(-c2ccccc2)sc1C. The topological polar surface area (TPSA) is 77.3 Å². The van der Waals surface area contributed by atoms with Crippen molar-refractivity contribution in [2.24, 2.45) is 0 Å². The highest BCUT2D eigenvalue weighted by Gasteiger charge is 2.32. The highest BCUT2D eigenvalue weighted by atomic mass is 32.1. The van der Waals surface area contributed by atoms with Gasteiger partial charge in [-0.3, -0.25) is 0 Å². The fraction of sp³-hybridized carbons (Fsp3) is 0.0357. The summed E-state index contributed by atoms with van der Waals surface area (Å²) in [5, 5.41) is 5.53. The van der Waals surface area contributed by atoms with Gasteiger partial charge in [-0.1, -0.05) is 182 Å². The minimum absolute atomic E-state index is 0.754. The Labute approximate surface area is 417 Å². The lowest BCUT2D eigenvalue weighted by Crippen LogP contribution is -1.90. The van der Waals surface area contributed by atoms with Gasteiger partial charge in [-0.15, -0.1) is 68.0 Å². The molecule has 0 atom stereocenters. The van der Waals surface area contributed by atoms with Gasteiger partial charge in [0.1, 0.15) is 52.8 Å². The first-order valence-electron chi connectivity index (χ1n) is 21.8. The lowest BCUT2D eigenvalue weighted by Gasteiger charge is -2.04. The van der Waals surface area contributed by atoms with Crippen LogP contribution in [0.4, 0.5) is 0 Å². The van der Waals surface area contributed by atoms with E-state index in [4.69, 9.17) is 29.9 Å². The molecule has 12 rings (SSSR count). The molecule has 6 aromatic carbocycles. The fourth-order valence-electron chi connectivity index (χ4n) is 7.99. The van der Waals surface area contributed by atoms with E-state index in [0.717, 1.165) is 127 Å². The molecule has 68 heavy (non-hydrogen) atoms. The maximum atomic E-state index is 5.61. The quantitative estimate of drug-likeness (QED) is 0.128. The third-order valence-corrected chi connectivity index (χ3v) is 17.8. The first kappa shape index (κ1) is 42.5. The molecule has 0 aliphatic rings. The highest BCUT2D eigenvalue weighted by Crippen LogP contribution is 2.54. The molecule has 326 valence electrons. The number of aromatic nitrogens is 6. The van der Waals surface area contributed by atoms with Crippen LogP contribution in [0.3, 0.4) is 0 Å². The van der Waals surface area contributed by atoms with Crippen molar-refractivity contribution in [1.82, 2.24) is 29.9 Å². The maximum Gasteiger partial charge on any atom is 0.124 e. The molecule has 0 radical (unpaired) electrons. The molecule has 0 saturated heterocycles. The summed E-state index contributed by atoms with van der Waals surface area (Å²) in [5.41, 5.74) is 11.3. The molecule has 0 unspecified atom stereocenters. The lowest BCUT2D eigenvalue weighted by atomic mass is 10.1. The molecule has 0 bridgehead atoms. The minimum Gasteiger partial charge on any atom is -0.235 e. The molecule has 6 nitrogen and oxygen atoms in total. The molecule has 0 spiro atoms. The van der Waals surface area contributed by atoms with Crippen molar-refractivity contribution in [2.45, 2.75) is 13.8 Å². The average molecular weight is 985 g/mol. The van der Waals surface area contributed by atoms with Crippen LogP contribution in [-0.4, -0.2) is 29.9 Å². The van der Waals surface area contributed by atoms with Crippen molar-refractivity contribution in [3.8, 4) is 117 Å². The molecular weight excluding hydrogens is 949 g/mol. The van der Waals surface area contributed by atoms with Crippen molar-refractivity contribution >= 4 is 68.0 Å². The number of hydrogen-bond acceptors (Lipinski definition) is 12. The first-order valence-corrected chi connectivity index (χ1v) is 26.7. The summed E-state index contributed by atoms with van der Waals surface area (Å²) in [6.07, 6.45) is 0. The first-order chi connectivity index (χ1) is 33.5. The zero-order chi connectivity index (χ0) is 45.6. The maximum absolute atomic E-state index is 5.61. The van der Waals surface area contributed by atoms with Crippen LogP contribution in [0, 0.1) is 13.8 Å². The zero-order valence-electron chi connectivity index (χ0n) is 36.5. The van der Waals surface area contributed by atoms with Crippen molar-refractivity contribution in [3.63, 3.8) is 0 Å². The second kappa shape index (κ2) is 18.3. The standard InChI is InChI=1S/C56H36N6S6/c1-33-41(57-51(63-33)35-21-9-3-10-22-35)47-45(61-55(65-47)39-29-17-7-18-30-39)49-43(59-53(67-49)37-25-13-5-14-26-37)44-50(68-54(60-44)38-27-15-6-16-28-38)46-48(66-56(62-46)40-31-19-8-20-32-40)42-34(2)64-52(58-42)36-23-11-4-12-24-36/h3-32H,1-2H3. The van der Waals surface area contributed by atoms with E-state index in [1.54, 1.807) is 68.0 Å². The fourth-order valence-corrected chi connectivity index (χ4v) is 14.5. The van der Waals surface area contributed by atoms with E-state index < -0.39 is 0 Å². The molecule has 0 saturated carbocycles. The predicted molar refractivity (Wildman–Crippen MR) is 290 cm³/mol. The van der Waals surface area contributed by atoms with Crippen LogP contribution in [-0.2, 0) is 0 Å². The second-order valence-corrected chi connectivity index (χ2v) is 22.2. The van der Waals surface area contributed by atoms with Crippen LogP contribution < -0.4 is 0 Å². The normalized spacial score (nSPS) is 11.4. The Bertz CT molecular complexity index is 3440. The van der Waals surface area contributed by atoms with Gasteiger partial charge in [-0.05, 0) is 13.8 Å². The van der Waals surface area contributed by atoms with E-state index in [2.05, 4.69) is 159 Å². The Hall–Kier alpha value is -6.90. The number of aryl methyl sites for hydroxylation is 2. The van der Waals surface area contributed by atoms with E-state index in [9.17, 15) is 0 Å². The summed E-state index contributed by atoms with van der Waals surface area (Å²) in [5.74, 6) is 0. The molecule has 0 N–H and O–H groups in total. The second-order valence-electron chi connectivity index (χ2n) is 15.8. The zero-order valence-corrected chi connectivity index (χ0v) is 41.4. The molecule has 0 fully saturated rings. The van der Waals surface area contributed by atoms with Crippen molar-refractivity contribution in [2.75, 3.05) is 0 Å². The summed E-state index contributed by atoms with van der Waals surface area (Å²) in [6.45, 7) is 4.33. The van der Waals surface area contributed by atoms with Gasteiger partial charge in [0, 0.05) is 43.1 Å². The molecule has 12 heteroatoms. The molecule has 12 aromatic rings. The van der Waals surface area contributed by atoms with Gasteiger partial charge in [0.2, 0.25) is 0 Å². The average Bonchev–Trinajstić information content (AvgIpc) is 4.28. The highest BCUT2D eigenvalue weighted by molar-refractivity contribution is 7.23. The Morgan fingerprint density at radius 1 is 0.221 bits per heavy atom. The molecule has 0 amide bonds. The Morgan fingerprint density at radius 2 is 0.412 bits per heavy atom. The number of benzene rings is 6. The van der Waals surface area contributed by atoms with Gasteiger partial charge in [-0.25, -0.2) is 29.9 Å². The molecule has 6 aromatic heterocycles. The monoisotopic (exact) mass is 984 g/mol. The smallest absolute Gasteiger partial charge is 0.124 e. The van der Waals surface area contributed by atoms with Crippen molar-refractivity contribution in [3.05, 3.63) is 192 Å². The van der Waals surface area contributed by atoms with Crippen LogP contribution in [0.1, 0.15) is 9.75 Å². The van der Waals surface area contributed by atoms with E-state index in [1.165, 1.54) is 0 Å². The number of thiazole rings is 6. The summed E-state index contributed by atoms with van der Waals surface area (Å²) in [7, 11) is 0. The molecule has 0 aliphatic carbocycles. The number of nitrogens with zero attached hydrogens (tertiary/aromatic N) is 6.